The van der Waals surface area contributed by atoms with Crippen molar-refractivity contribution in [2.24, 2.45) is 0 Å². The van der Waals surface area contributed by atoms with Crippen LogP contribution in [0.1, 0.15) is 12.8 Å². The van der Waals surface area contributed by atoms with Gasteiger partial charge in [-0.15, -0.1) is 0 Å². The molecule has 18 heavy (non-hydrogen) atoms. The number of ether oxygens (including phenoxy) is 1. The molecule has 1 heterocycles. The van der Waals surface area contributed by atoms with Gasteiger partial charge < -0.3 is 15.0 Å². The van der Waals surface area contributed by atoms with E-state index >= 15 is 0 Å². The Labute approximate surface area is 107 Å². The van der Waals surface area contributed by atoms with Crippen molar-refractivity contribution in [3.63, 3.8) is 0 Å². The summed E-state index contributed by atoms with van der Waals surface area (Å²) in [4.78, 5) is 0. The Hall–Kier alpha value is -1.75. The largest absolute Gasteiger partial charge is 0.488 e. The Morgan fingerprint density at radius 1 is 1.39 bits per heavy atom. The van der Waals surface area contributed by atoms with Crippen molar-refractivity contribution < 1.29 is 13.7 Å². The molecule has 1 aromatic carbocycles. The quantitative estimate of drug-likeness (QED) is 0.928. The predicted octanol–water partition coefficient (Wildman–Crippen LogP) is 3.26. The zero-order valence-electron chi connectivity index (χ0n) is 9.32. The number of aromatic nitrogens is 1. The normalized spacial score (nSPS) is 14.8. The highest BCUT2D eigenvalue weighted by Gasteiger charge is 2.27. The van der Waals surface area contributed by atoms with Crippen molar-refractivity contribution in [3.05, 3.63) is 29.2 Å². The maximum absolute atomic E-state index is 13.5. The highest BCUT2D eigenvalue weighted by molar-refractivity contribution is 6.32. The summed E-state index contributed by atoms with van der Waals surface area (Å²) in [5.41, 5.74) is 6.58. The molecule has 0 bridgehead atoms. The number of nitrogens with two attached hydrogens (primary N) is 1. The number of halogens is 2. The van der Waals surface area contributed by atoms with E-state index in [2.05, 4.69) is 5.16 Å². The molecule has 2 N–H and O–H groups in total. The van der Waals surface area contributed by atoms with E-state index < -0.39 is 5.82 Å². The molecule has 6 heteroatoms. The van der Waals surface area contributed by atoms with E-state index in [1.165, 1.54) is 18.3 Å². The van der Waals surface area contributed by atoms with Gasteiger partial charge in [0.15, 0.2) is 0 Å². The summed E-state index contributed by atoms with van der Waals surface area (Å²) in [7, 11) is 0. The van der Waals surface area contributed by atoms with Crippen LogP contribution in [0.15, 0.2) is 22.9 Å². The first-order chi connectivity index (χ1) is 8.65. The summed E-state index contributed by atoms with van der Waals surface area (Å²) in [6.45, 7) is 0. The lowest BCUT2D eigenvalue weighted by Gasteiger charge is -2.12. The molecule has 1 aromatic heterocycles. The molecule has 0 saturated heterocycles. The fourth-order valence-corrected chi connectivity index (χ4v) is 1.93. The van der Waals surface area contributed by atoms with Gasteiger partial charge in [0.25, 0.3) is 0 Å². The van der Waals surface area contributed by atoms with Gasteiger partial charge in [0.2, 0.25) is 5.88 Å². The van der Waals surface area contributed by atoms with Crippen molar-refractivity contribution in [2.75, 3.05) is 5.73 Å². The summed E-state index contributed by atoms with van der Waals surface area (Å²) < 4.78 is 23.9. The fraction of sp³-hybridized carbons (Fsp3) is 0.250. The average Bonchev–Trinajstić information content (AvgIpc) is 3.03. The third-order valence-electron chi connectivity index (χ3n) is 2.71. The highest BCUT2D eigenvalue weighted by Crippen LogP contribution is 2.42. The first-order valence-electron chi connectivity index (χ1n) is 5.51. The van der Waals surface area contributed by atoms with E-state index in [0.717, 1.165) is 12.8 Å². The van der Waals surface area contributed by atoms with E-state index in [-0.39, 0.29) is 17.0 Å². The topological polar surface area (TPSA) is 61.3 Å². The van der Waals surface area contributed by atoms with Gasteiger partial charge >= 0.3 is 0 Å². The SMILES string of the molecule is Nc1oncc1-c1cc(F)cc(Cl)c1OC1CC1. The number of benzene rings is 1. The van der Waals surface area contributed by atoms with Crippen LogP contribution < -0.4 is 10.5 Å². The van der Waals surface area contributed by atoms with Gasteiger partial charge in [-0.3, -0.25) is 0 Å². The van der Waals surface area contributed by atoms with E-state index in [9.17, 15) is 4.39 Å². The maximum Gasteiger partial charge on any atom is 0.230 e. The predicted molar refractivity (Wildman–Crippen MR) is 65.0 cm³/mol. The second kappa shape index (κ2) is 4.17. The molecule has 0 radical (unpaired) electrons. The third-order valence-corrected chi connectivity index (χ3v) is 2.99. The molecule has 0 amide bonds. The minimum atomic E-state index is -0.459. The van der Waals surface area contributed by atoms with E-state index in [1.807, 2.05) is 0 Å². The van der Waals surface area contributed by atoms with Crippen LogP contribution >= 0.6 is 11.6 Å². The standard InChI is InChI=1S/C12H10ClFN2O2/c13-10-4-6(14)3-8(9-5-16-18-12(9)15)11(10)17-7-1-2-7/h3-5,7H,1-2,15H2. The Morgan fingerprint density at radius 3 is 2.78 bits per heavy atom. The Kier molecular flexibility index (Phi) is 2.63. The summed E-state index contributed by atoms with van der Waals surface area (Å²) in [5.74, 6) is 0.0755. The fourth-order valence-electron chi connectivity index (χ4n) is 1.68. The molecule has 1 aliphatic rings. The van der Waals surface area contributed by atoms with Crippen LogP contribution in [0, 0.1) is 5.82 Å². The van der Waals surface area contributed by atoms with Gasteiger partial charge in [-0.2, -0.15) is 0 Å². The molecule has 1 saturated carbocycles. The molecule has 4 nitrogen and oxygen atoms in total. The van der Waals surface area contributed by atoms with Crippen LogP contribution in [0.4, 0.5) is 10.3 Å². The molecule has 0 atom stereocenters. The molecule has 0 unspecified atom stereocenters. The molecule has 2 aromatic rings. The van der Waals surface area contributed by atoms with Gasteiger partial charge in [-0.25, -0.2) is 4.39 Å². The minimum Gasteiger partial charge on any atom is -0.488 e. The maximum atomic E-state index is 13.5. The number of hydrogen-bond acceptors (Lipinski definition) is 4. The second-order valence-corrected chi connectivity index (χ2v) is 4.59. The minimum absolute atomic E-state index is 0.109. The number of anilines is 1. The lowest BCUT2D eigenvalue weighted by molar-refractivity contribution is 0.304. The molecule has 3 rings (SSSR count). The first-order valence-corrected chi connectivity index (χ1v) is 5.89. The van der Waals surface area contributed by atoms with Crippen molar-refractivity contribution in [1.82, 2.24) is 5.16 Å². The van der Waals surface area contributed by atoms with Gasteiger partial charge in [0.05, 0.1) is 22.9 Å². The lowest BCUT2D eigenvalue weighted by atomic mass is 10.1. The summed E-state index contributed by atoms with van der Waals surface area (Å²) in [6, 6.07) is 2.53. The number of hydrogen-bond donors (Lipinski definition) is 1. The average molecular weight is 269 g/mol. The number of nitrogen functional groups attached to an aromatic ring is 1. The zero-order valence-corrected chi connectivity index (χ0v) is 10.1. The summed E-state index contributed by atoms with van der Waals surface area (Å²) in [5, 5.41) is 3.79. The van der Waals surface area contributed by atoms with Gasteiger partial charge in [-0.1, -0.05) is 16.8 Å². The monoisotopic (exact) mass is 268 g/mol. The number of rotatable bonds is 3. The van der Waals surface area contributed by atoms with Crippen LogP contribution in [0.5, 0.6) is 5.75 Å². The van der Waals surface area contributed by atoms with Gasteiger partial charge in [-0.05, 0) is 25.0 Å². The zero-order chi connectivity index (χ0) is 12.7. The van der Waals surface area contributed by atoms with Crippen molar-refractivity contribution in [2.45, 2.75) is 18.9 Å². The summed E-state index contributed by atoms with van der Waals surface area (Å²) in [6.07, 6.45) is 3.52. The van der Waals surface area contributed by atoms with Crippen LogP contribution in [-0.2, 0) is 0 Å². The van der Waals surface area contributed by atoms with E-state index in [0.29, 0.717) is 16.9 Å². The smallest absolute Gasteiger partial charge is 0.230 e. The highest BCUT2D eigenvalue weighted by atomic mass is 35.5. The van der Waals surface area contributed by atoms with Crippen LogP contribution in [0.3, 0.4) is 0 Å². The first kappa shape index (κ1) is 11.3. The lowest BCUT2D eigenvalue weighted by Crippen LogP contribution is -2.00. The molecule has 1 fully saturated rings. The van der Waals surface area contributed by atoms with E-state index in [4.69, 9.17) is 26.6 Å². The van der Waals surface area contributed by atoms with E-state index in [1.54, 1.807) is 0 Å². The summed E-state index contributed by atoms with van der Waals surface area (Å²) >= 11 is 6.02. The molecule has 0 aliphatic heterocycles. The van der Waals surface area contributed by atoms with Crippen molar-refractivity contribution in [1.29, 1.82) is 0 Å². The van der Waals surface area contributed by atoms with Crippen LogP contribution in [0.25, 0.3) is 11.1 Å². The van der Waals surface area contributed by atoms with Crippen LogP contribution in [-0.4, -0.2) is 11.3 Å². The molecule has 1 aliphatic carbocycles. The second-order valence-electron chi connectivity index (χ2n) is 4.19. The molecular formula is C12H10ClFN2O2. The Balaban J connectivity index is 2.13. The van der Waals surface area contributed by atoms with Crippen molar-refractivity contribution >= 4 is 17.5 Å². The Bertz CT molecular complexity index is 596. The molecule has 94 valence electrons. The van der Waals surface area contributed by atoms with Crippen LogP contribution in [0.2, 0.25) is 5.02 Å². The molecule has 0 spiro atoms. The Morgan fingerprint density at radius 2 is 2.17 bits per heavy atom. The number of nitrogens with zero attached hydrogens (tertiary/aromatic N) is 1. The third kappa shape index (κ3) is 2.01. The van der Waals surface area contributed by atoms with Gasteiger partial charge in [0, 0.05) is 5.56 Å². The molecular weight excluding hydrogens is 259 g/mol. The van der Waals surface area contributed by atoms with Crippen molar-refractivity contribution in [3.8, 4) is 16.9 Å². The van der Waals surface area contributed by atoms with Gasteiger partial charge in [0.1, 0.15) is 11.6 Å².